The Morgan fingerprint density at radius 1 is 1.33 bits per heavy atom. The molecule has 0 saturated heterocycles. The average molecular weight is 381 g/mol. The molecule has 0 fully saturated rings. The van der Waals surface area contributed by atoms with E-state index in [0.717, 1.165) is 27.7 Å². The van der Waals surface area contributed by atoms with Crippen LogP contribution in [0.25, 0.3) is 22.1 Å². The summed E-state index contributed by atoms with van der Waals surface area (Å²) in [5.41, 5.74) is 4.20. The van der Waals surface area contributed by atoms with Crippen molar-refractivity contribution in [1.29, 1.82) is 0 Å². The smallest absolute Gasteiger partial charge is 0.230 e. The quantitative estimate of drug-likeness (QED) is 0.421. The first-order chi connectivity index (χ1) is 13.0. The van der Waals surface area contributed by atoms with Crippen LogP contribution in [0, 0.1) is 6.92 Å². The van der Waals surface area contributed by atoms with E-state index in [1.54, 1.807) is 10.9 Å². The molecule has 4 aromatic rings. The van der Waals surface area contributed by atoms with E-state index in [1.165, 1.54) is 18.1 Å². The van der Waals surface area contributed by atoms with Gasteiger partial charge < -0.3 is 9.73 Å². The Morgan fingerprint density at radius 2 is 2.15 bits per heavy atom. The number of hydrogen-bond acceptors (Lipinski definition) is 6. The Kier molecular flexibility index (Phi) is 4.57. The minimum absolute atomic E-state index is 0.0707. The van der Waals surface area contributed by atoms with Crippen molar-refractivity contribution in [2.45, 2.75) is 24.9 Å². The molecule has 0 aliphatic carbocycles. The highest BCUT2D eigenvalue weighted by Gasteiger charge is 2.17. The van der Waals surface area contributed by atoms with Crippen LogP contribution in [0.4, 0.5) is 0 Å². The van der Waals surface area contributed by atoms with Crippen molar-refractivity contribution in [3.8, 4) is 0 Å². The molecule has 8 heteroatoms. The van der Waals surface area contributed by atoms with Crippen LogP contribution in [0.1, 0.15) is 24.2 Å². The molecule has 1 amide bonds. The van der Waals surface area contributed by atoms with E-state index in [9.17, 15) is 4.79 Å². The normalized spacial score (nSPS) is 12.6. The number of fused-ring (bicyclic) bond motifs is 3. The van der Waals surface area contributed by atoms with Crippen molar-refractivity contribution >= 4 is 39.7 Å². The van der Waals surface area contributed by atoms with E-state index in [2.05, 4.69) is 20.4 Å². The third kappa shape index (κ3) is 3.28. The zero-order valence-corrected chi connectivity index (χ0v) is 16.1. The summed E-state index contributed by atoms with van der Waals surface area (Å²) >= 11 is 1.34. The van der Waals surface area contributed by atoms with Crippen LogP contribution >= 0.6 is 11.8 Å². The average Bonchev–Trinajstić information content (AvgIpc) is 3.21. The van der Waals surface area contributed by atoms with Crippen LogP contribution in [0.15, 0.2) is 46.2 Å². The lowest BCUT2D eigenvalue weighted by atomic mass is 10.1. The molecular weight excluding hydrogens is 362 g/mol. The number of aromatic nitrogens is 4. The number of carbonyl (C=O) groups is 1. The van der Waals surface area contributed by atoms with E-state index in [1.807, 2.05) is 45.2 Å². The van der Waals surface area contributed by atoms with Crippen molar-refractivity contribution in [2.24, 2.45) is 7.05 Å². The molecule has 0 unspecified atom stereocenters. The van der Waals surface area contributed by atoms with Gasteiger partial charge in [-0.25, -0.2) is 9.97 Å². The van der Waals surface area contributed by atoms with Gasteiger partial charge in [-0.05, 0) is 26.0 Å². The van der Waals surface area contributed by atoms with E-state index in [4.69, 9.17) is 4.42 Å². The van der Waals surface area contributed by atoms with Crippen molar-refractivity contribution < 1.29 is 9.21 Å². The highest BCUT2D eigenvalue weighted by molar-refractivity contribution is 8.00. The number of amides is 1. The predicted molar refractivity (Wildman–Crippen MR) is 105 cm³/mol. The van der Waals surface area contributed by atoms with E-state index in [0.29, 0.717) is 10.6 Å². The van der Waals surface area contributed by atoms with Gasteiger partial charge in [-0.3, -0.25) is 9.48 Å². The minimum atomic E-state index is -0.108. The van der Waals surface area contributed by atoms with Gasteiger partial charge in [0.2, 0.25) is 5.91 Å². The van der Waals surface area contributed by atoms with Crippen molar-refractivity contribution in [2.75, 3.05) is 5.75 Å². The third-order valence-electron chi connectivity index (χ3n) is 4.58. The lowest BCUT2D eigenvalue weighted by Crippen LogP contribution is -2.28. The van der Waals surface area contributed by atoms with Crippen LogP contribution in [0.2, 0.25) is 0 Å². The van der Waals surface area contributed by atoms with Gasteiger partial charge in [0, 0.05) is 23.7 Å². The summed E-state index contributed by atoms with van der Waals surface area (Å²) in [6.45, 7) is 3.94. The number of para-hydroxylation sites is 1. The maximum Gasteiger partial charge on any atom is 0.230 e. The molecule has 3 heterocycles. The Morgan fingerprint density at radius 3 is 2.93 bits per heavy atom. The highest BCUT2D eigenvalue weighted by atomic mass is 32.2. The van der Waals surface area contributed by atoms with Gasteiger partial charge in [-0.1, -0.05) is 23.9 Å². The Balaban J connectivity index is 1.48. The Hall–Kier alpha value is -2.87. The lowest BCUT2D eigenvalue weighted by molar-refractivity contribution is -0.119. The van der Waals surface area contributed by atoms with Crippen LogP contribution in [0.3, 0.4) is 0 Å². The highest BCUT2D eigenvalue weighted by Crippen LogP contribution is 2.32. The van der Waals surface area contributed by atoms with Gasteiger partial charge >= 0.3 is 0 Å². The standard InChI is InChI=1S/C19H19N5O2S/c1-11(14-8-22-24(3)12(14)2)23-16(25)9-27-19-18-17(20-10-21-19)13-6-4-5-7-15(13)26-18/h4-8,10-11H,9H2,1-3H3,(H,23,25)/t11-/m1/s1. The van der Waals surface area contributed by atoms with Gasteiger partial charge in [0.1, 0.15) is 22.5 Å². The van der Waals surface area contributed by atoms with Gasteiger partial charge in [0.25, 0.3) is 0 Å². The number of carbonyl (C=O) groups excluding carboxylic acids is 1. The van der Waals surface area contributed by atoms with Gasteiger partial charge in [-0.2, -0.15) is 5.10 Å². The Labute approximate surface area is 160 Å². The molecule has 138 valence electrons. The monoisotopic (exact) mass is 381 g/mol. The second-order valence-electron chi connectivity index (χ2n) is 6.34. The van der Waals surface area contributed by atoms with Crippen LogP contribution < -0.4 is 5.32 Å². The number of thioether (sulfide) groups is 1. The molecular formula is C19H19N5O2S. The fourth-order valence-electron chi connectivity index (χ4n) is 3.04. The van der Waals surface area contributed by atoms with Gasteiger partial charge in [0.05, 0.1) is 18.0 Å². The number of nitrogens with zero attached hydrogens (tertiary/aromatic N) is 4. The molecule has 0 saturated carbocycles. The van der Waals surface area contributed by atoms with Crippen LogP contribution in [-0.2, 0) is 11.8 Å². The maximum absolute atomic E-state index is 12.4. The zero-order chi connectivity index (χ0) is 19.0. The summed E-state index contributed by atoms with van der Waals surface area (Å²) < 4.78 is 7.69. The predicted octanol–water partition coefficient (Wildman–Crippen LogP) is 3.39. The molecule has 0 radical (unpaired) electrons. The lowest BCUT2D eigenvalue weighted by Gasteiger charge is -2.13. The van der Waals surface area contributed by atoms with E-state index < -0.39 is 0 Å². The van der Waals surface area contributed by atoms with E-state index >= 15 is 0 Å². The minimum Gasteiger partial charge on any atom is -0.451 e. The number of hydrogen-bond donors (Lipinski definition) is 1. The summed E-state index contributed by atoms with van der Waals surface area (Å²) in [7, 11) is 1.89. The summed E-state index contributed by atoms with van der Waals surface area (Å²) in [6.07, 6.45) is 3.29. The number of nitrogens with one attached hydrogen (secondary N) is 1. The number of rotatable bonds is 5. The van der Waals surface area contributed by atoms with Crippen molar-refractivity contribution in [1.82, 2.24) is 25.1 Å². The second-order valence-corrected chi connectivity index (χ2v) is 7.31. The number of aryl methyl sites for hydroxylation is 1. The van der Waals surface area contributed by atoms with Crippen molar-refractivity contribution in [3.63, 3.8) is 0 Å². The summed E-state index contributed by atoms with van der Waals surface area (Å²) in [5, 5.41) is 8.84. The topological polar surface area (TPSA) is 85.8 Å². The summed E-state index contributed by atoms with van der Waals surface area (Å²) in [4.78, 5) is 21.0. The van der Waals surface area contributed by atoms with E-state index in [-0.39, 0.29) is 17.7 Å². The molecule has 4 rings (SSSR count). The second kappa shape index (κ2) is 7.03. The fraction of sp³-hybridized carbons (Fsp3) is 0.263. The molecule has 7 nitrogen and oxygen atoms in total. The SMILES string of the molecule is Cc1c([C@@H](C)NC(=O)CSc2ncnc3c2oc2ccccc23)cnn1C. The molecule has 27 heavy (non-hydrogen) atoms. The van der Waals surface area contributed by atoms with Crippen molar-refractivity contribution in [3.05, 3.63) is 48.0 Å². The molecule has 0 spiro atoms. The van der Waals surface area contributed by atoms with Gasteiger partial charge in [0.15, 0.2) is 5.58 Å². The zero-order valence-electron chi connectivity index (χ0n) is 15.3. The molecule has 1 N–H and O–H groups in total. The Bertz CT molecular complexity index is 1130. The number of benzene rings is 1. The molecule has 1 aromatic carbocycles. The summed E-state index contributed by atoms with van der Waals surface area (Å²) in [6, 6.07) is 7.62. The fourth-order valence-corrected chi connectivity index (χ4v) is 3.78. The third-order valence-corrected chi connectivity index (χ3v) is 5.55. The molecule has 1 atom stereocenters. The first kappa shape index (κ1) is 17.5. The first-order valence-corrected chi connectivity index (χ1v) is 9.56. The largest absolute Gasteiger partial charge is 0.451 e. The van der Waals surface area contributed by atoms with Gasteiger partial charge in [-0.15, -0.1) is 0 Å². The summed E-state index contributed by atoms with van der Waals surface area (Å²) in [5.74, 6) is 0.172. The van der Waals surface area contributed by atoms with Crippen LogP contribution in [-0.4, -0.2) is 31.4 Å². The van der Waals surface area contributed by atoms with Crippen LogP contribution in [0.5, 0.6) is 0 Å². The molecule has 0 bridgehead atoms. The number of furan rings is 1. The molecule has 0 aliphatic rings. The molecule has 0 aliphatic heterocycles. The maximum atomic E-state index is 12.4. The first-order valence-electron chi connectivity index (χ1n) is 8.57. The molecule has 3 aromatic heterocycles.